The molecule has 0 saturated heterocycles. The third kappa shape index (κ3) is 3.18. The second kappa shape index (κ2) is 6.52. The fourth-order valence-corrected chi connectivity index (χ4v) is 3.01. The van der Waals surface area contributed by atoms with Crippen LogP contribution in [0.5, 0.6) is 5.75 Å². The maximum absolute atomic E-state index is 9.41. The maximum atomic E-state index is 9.41. The Hall–Kier alpha value is -2.93. The van der Waals surface area contributed by atoms with Gasteiger partial charge >= 0.3 is 0 Å². The third-order valence-electron chi connectivity index (χ3n) is 4.33. The first-order valence-electron chi connectivity index (χ1n) is 8.24. The fraction of sp³-hybridized carbons (Fsp3) is 0.278. The highest BCUT2D eigenvalue weighted by atomic mass is 16.3. The molecule has 1 unspecified atom stereocenters. The largest absolute Gasteiger partial charge is 0.508 e. The molecule has 0 saturated carbocycles. The van der Waals surface area contributed by atoms with Gasteiger partial charge in [0.25, 0.3) is 0 Å². The highest BCUT2D eigenvalue weighted by molar-refractivity contribution is 5.69. The Bertz CT molecular complexity index is 903. The van der Waals surface area contributed by atoms with Crippen LogP contribution in [0.1, 0.15) is 22.9 Å². The van der Waals surface area contributed by atoms with Crippen LogP contribution in [-0.4, -0.2) is 55.7 Å². The van der Waals surface area contributed by atoms with Gasteiger partial charge < -0.3 is 10.2 Å². The van der Waals surface area contributed by atoms with E-state index in [0.717, 1.165) is 29.1 Å². The normalized spacial score (nSPS) is 16.8. The summed E-state index contributed by atoms with van der Waals surface area (Å²) in [5.74, 6) is 0.370. The van der Waals surface area contributed by atoms with Gasteiger partial charge in [-0.15, -0.1) is 0 Å². The quantitative estimate of drug-likeness (QED) is 0.735. The Labute approximate surface area is 144 Å². The molecule has 2 N–H and O–H groups in total. The number of fused-ring (bicyclic) bond motifs is 1. The van der Waals surface area contributed by atoms with Gasteiger partial charge in [0.15, 0.2) is 5.65 Å². The van der Waals surface area contributed by atoms with Crippen molar-refractivity contribution >= 4 is 11.9 Å². The molecule has 4 rings (SSSR count). The Morgan fingerprint density at radius 1 is 1.12 bits per heavy atom. The average Bonchev–Trinajstić information content (AvgIpc) is 3.24. The topological polar surface area (TPSA) is 86.2 Å². The monoisotopic (exact) mass is 337 g/mol. The minimum absolute atomic E-state index is 0.0921. The van der Waals surface area contributed by atoms with Crippen LogP contribution in [0, 0.1) is 0 Å². The Kier molecular flexibility index (Phi) is 4.07. The van der Waals surface area contributed by atoms with E-state index in [4.69, 9.17) is 10.2 Å². The van der Waals surface area contributed by atoms with Crippen molar-refractivity contribution in [2.45, 2.75) is 12.3 Å². The Morgan fingerprint density at radius 3 is 2.76 bits per heavy atom. The number of phenols is 1. The highest BCUT2D eigenvalue weighted by Gasteiger charge is 2.21. The van der Waals surface area contributed by atoms with E-state index in [9.17, 15) is 5.11 Å². The summed E-state index contributed by atoms with van der Waals surface area (Å²) in [5, 5.41) is 29.3. The number of phenolic OH excluding ortho intramolecular Hbond substituents is 1. The number of imidazole rings is 1. The molecule has 0 bridgehead atoms. The van der Waals surface area contributed by atoms with E-state index < -0.39 is 0 Å². The lowest BCUT2D eigenvalue weighted by Gasteiger charge is -2.14. The van der Waals surface area contributed by atoms with E-state index in [0.29, 0.717) is 13.0 Å². The van der Waals surface area contributed by atoms with Crippen molar-refractivity contribution in [3.8, 4) is 5.75 Å². The molecule has 3 aromatic rings. The van der Waals surface area contributed by atoms with Gasteiger partial charge in [-0.05, 0) is 29.8 Å². The van der Waals surface area contributed by atoms with Gasteiger partial charge in [-0.25, -0.2) is 9.50 Å². The van der Waals surface area contributed by atoms with Crippen LogP contribution in [0.3, 0.4) is 0 Å². The lowest BCUT2D eigenvalue weighted by molar-refractivity contribution is 0.210. The molecule has 0 spiro atoms. The number of aromatic hydroxyl groups is 1. The molecule has 128 valence electrons. The number of hydrazone groups is 1. The van der Waals surface area contributed by atoms with Crippen LogP contribution < -0.4 is 0 Å². The molecule has 0 aliphatic carbocycles. The molecule has 1 atom stereocenters. The van der Waals surface area contributed by atoms with Crippen LogP contribution in [0.25, 0.3) is 5.65 Å². The molecule has 2 aromatic heterocycles. The molecule has 1 aliphatic heterocycles. The van der Waals surface area contributed by atoms with Gasteiger partial charge in [-0.3, -0.25) is 5.01 Å². The Balaban J connectivity index is 1.60. The zero-order valence-electron chi connectivity index (χ0n) is 13.7. The van der Waals surface area contributed by atoms with Gasteiger partial charge in [0, 0.05) is 19.2 Å². The second-order valence-electron chi connectivity index (χ2n) is 6.13. The summed E-state index contributed by atoms with van der Waals surface area (Å²) >= 11 is 0. The van der Waals surface area contributed by atoms with Crippen LogP contribution >= 0.6 is 0 Å². The summed E-state index contributed by atoms with van der Waals surface area (Å²) in [5.41, 5.74) is 3.81. The van der Waals surface area contributed by atoms with E-state index in [-0.39, 0.29) is 18.3 Å². The van der Waals surface area contributed by atoms with E-state index >= 15 is 0 Å². The standard InChI is InChI=1S/C18H19N5O2/c24-8-7-22-12-14(10-20-22)17-5-6-18-19-11-15(23(18)21-17)9-13-1-3-16(25)4-2-13/h1-6,10-11,14,24-25H,7-9,12H2. The number of hydrogen-bond donors (Lipinski definition) is 2. The molecule has 25 heavy (non-hydrogen) atoms. The first-order chi connectivity index (χ1) is 12.2. The summed E-state index contributed by atoms with van der Waals surface area (Å²) in [6.45, 7) is 1.35. The van der Waals surface area contributed by atoms with Gasteiger partial charge in [0.05, 0.1) is 36.7 Å². The predicted molar refractivity (Wildman–Crippen MR) is 93.8 cm³/mol. The first kappa shape index (κ1) is 15.6. The maximum Gasteiger partial charge on any atom is 0.153 e. The van der Waals surface area contributed by atoms with E-state index in [2.05, 4.69) is 10.1 Å². The van der Waals surface area contributed by atoms with Crippen molar-refractivity contribution < 1.29 is 10.2 Å². The zero-order valence-corrected chi connectivity index (χ0v) is 13.7. The highest BCUT2D eigenvalue weighted by Crippen LogP contribution is 2.20. The minimum atomic E-state index is 0.0921. The van der Waals surface area contributed by atoms with Crippen molar-refractivity contribution in [1.82, 2.24) is 19.6 Å². The molecule has 0 amide bonds. The van der Waals surface area contributed by atoms with E-state index in [1.807, 2.05) is 46.2 Å². The summed E-state index contributed by atoms with van der Waals surface area (Å²) in [6, 6.07) is 11.1. The Morgan fingerprint density at radius 2 is 1.96 bits per heavy atom. The van der Waals surface area contributed by atoms with Gasteiger partial charge in [-0.2, -0.15) is 10.2 Å². The molecule has 0 fully saturated rings. The lowest BCUT2D eigenvalue weighted by Crippen LogP contribution is -2.21. The van der Waals surface area contributed by atoms with E-state index in [1.165, 1.54) is 0 Å². The van der Waals surface area contributed by atoms with Crippen LogP contribution in [0.2, 0.25) is 0 Å². The van der Waals surface area contributed by atoms with Gasteiger partial charge in [0.1, 0.15) is 5.75 Å². The van der Waals surface area contributed by atoms with Gasteiger partial charge in [0.2, 0.25) is 0 Å². The number of β-amino-alcohol motifs (C(OH)–C–C–N with tert-alkyl or cyclic N) is 1. The van der Waals surface area contributed by atoms with Crippen molar-refractivity contribution in [2.24, 2.45) is 5.10 Å². The second-order valence-corrected chi connectivity index (χ2v) is 6.13. The molecule has 7 heteroatoms. The number of hydrogen-bond acceptors (Lipinski definition) is 6. The summed E-state index contributed by atoms with van der Waals surface area (Å²) in [6.07, 6.45) is 4.40. The SMILES string of the molecule is OCCN1CC(c2ccc3ncc(Cc4ccc(O)cc4)n3n2)C=N1. The number of aliphatic hydroxyl groups is 1. The summed E-state index contributed by atoms with van der Waals surface area (Å²) < 4.78 is 1.87. The zero-order chi connectivity index (χ0) is 17.2. The van der Waals surface area contributed by atoms with Crippen molar-refractivity contribution in [3.05, 3.63) is 59.5 Å². The molecular weight excluding hydrogens is 318 g/mol. The summed E-state index contributed by atoms with van der Waals surface area (Å²) in [7, 11) is 0. The fourth-order valence-electron chi connectivity index (χ4n) is 3.01. The van der Waals surface area contributed by atoms with E-state index in [1.54, 1.807) is 12.1 Å². The molecule has 1 aromatic carbocycles. The lowest BCUT2D eigenvalue weighted by atomic mass is 10.1. The molecule has 1 aliphatic rings. The predicted octanol–water partition coefficient (Wildman–Crippen LogP) is 1.40. The van der Waals surface area contributed by atoms with Crippen molar-refractivity contribution in [1.29, 1.82) is 0 Å². The van der Waals surface area contributed by atoms with Crippen molar-refractivity contribution in [3.63, 3.8) is 0 Å². The molecular formula is C18H19N5O2. The number of aromatic nitrogens is 3. The van der Waals surface area contributed by atoms with Crippen LogP contribution in [0.4, 0.5) is 0 Å². The number of benzene rings is 1. The van der Waals surface area contributed by atoms with Gasteiger partial charge in [-0.1, -0.05) is 12.1 Å². The number of nitrogens with zero attached hydrogens (tertiary/aromatic N) is 5. The van der Waals surface area contributed by atoms with Crippen molar-refractivity contribution in [2.75, 3.05) is 19.7 Å². The molecule has 7 nitrogen and oxygen atoms in total. The van der Waals surface area contributed by atoms with Crippen LogP contribution in [0.15, 0.2) is 47.7 Å². The van der Waals surface area contributed by atoms with Crippen LogP contribution in [-0.2, 0) is 6.42 Å². The molecule has 3 heterocycles. The number of aliphatic hydroxyl groups excluding tert-OH is 1. The average molecular weight is 337 g/mol. The first-order valence-corrected chi connectivity index (χ1v) is 8.24. The number of rotatable bonds is 5. The summed E-state index contributed by atoms with van der Waals surface area (Å²) in [4.78, 5) is 4.42. The minimum Gasteiger partial charge on any atom is -0.508 e. The smallest absolute Gasteiger partial charge is 0.153 e. The third-order valence-corrected chi connectivity index (χ3v) is 4.33. The molecule has 0 radical (unpaired) electrons.